The van der Waals surface area contributed by atoms with Crippen LogP contribution in [-0.4, -0.2) is 15.3 Å². The first-order valence-electron chi connectivity index (χ1n) is 5.87. The van der Waals surface area contributed by atoms with Gasteiger partial charge in [-0.3, -0.25) is 0 Å². The van der Waals surface area contributed by atoms with E-state index in [2.05, 4.69) is 53.5 Å². The van der Waals surface area contributed by atoms with Crippen LogP contribution in [0.3, 0.4) is 0 Å². The third kappa shape index (κ3) is 3.05. The Morgan fingerprint density at radius 1 is 1.06 bits per heavy atom. The Bertz CT molecular complexity index is 318. The van der Waals surface area contributed by atoms with Crippen LogP contribution in [0.5, 0.6) is 0 Å². The van der Waals surface area contributed by atoms with Gasteiger partial charge in [-0.15, -0.1) is 0 Å². The van der Waals surface area contributed by atoms with Crippen LogP contribution in [0.25, 0.3) is 0 Å². The molecule has 0 atom stereocenters. The lowest BCUT2D eigenvalue weighted by atomic mass is 10.2. The second-order valence-electron chi connectivity index (χ2n) is 6.25. The highest BCUT2D eigenvalue weighted by molar-refractivity contribution is 8.18. The van der Waals surface area contributed by atoms with Crippen molar-refractivity contribution in [3.8, 4) is 0 Å². The van der Waals surface area contributed by atoms with E-state index in [4.69, 9.17) is 24.0 Å². The van der Waals surface area contributed by atoms with Gasteiger partial charge in [0, 0.05) is 5.31 Å². The van der Waals surface area contributed by atoms with Gasteiger partial charge < -0.3 is 0 Å². The molecule has 3 heteroatoms. The molecule has 0 radical (unpaired) electrons. The zero-order valence-electron chi connectivity index (χ0n) is 11.7. The number of thiocarbonyl (C=S) groups is 1. The first-order valence-corrected chi connectivity index (χ1v) is 9.08. The summed E-state index contributed by atoms with van der Waals surface area (Å²) in [6, 6.07) is -1.68. The minimum Gasteiger partial charge on any atom is -0.0911 e. The molecule has 0 spiro atoms. The maximum Gasteiger partial charge on any atom is 0.0177 e. The summed E-state index contributed by atoms with van der Waals surface area (Å²) >= 11 is 11.2. The molecule has 0 fully saturated rings. The maximum absolute atomic E-state index is 6.11. The van der Waals surface area contributed by atoms with Crippen molar-refractivity contribution in [2.45, 2.75) is 71.6 Å². The zero-order chi connectivity index (χ0) is 13.2. The molecule has 0 saturated heterocycles. The van der Waals surface area contributed by atoms with Gasteiger partial charge in [0.05, 0.1) is 0 Å². The van der Waals surface area contributed by atoms with Gasteiger partial charge in [-0.2, -0.15) is 0 Å². The van der Waals surface area contributed by atoms with Crippen LogP contribution in [-0.2, 0) is 11.8 Å². The third-order valence-corrected chi connectivity index (χ3v) is 12.1. The van der Waals surface area contributed by atoms with E-state index in [0.717, 1.165) is 12.8 Å². The highest BCUT2D eigenvalue weighted by Crippen LogP contribution is 2.72. The Kier molecular flexibility index (Phi) is 5.62. The molecular weight excluding hydrogens is 251 g/mol. The van der Waals surface area contributed by atoms with Crippen LogP contribution in [0.4, 0.5) is 0 Å². The largest absolute Gasteiger partial charge is 0.0911 e. The van der Waals surface area contributed by atoms with Gasteiger partial charge in [0.25, 0.3) is 0 Å². The smallest absolute Gasteiger partial charge is 0.0177 e. The van der Waals surface area contributed by atoms with Crippen LogP contribution < -0.4 is 0 Å². The van der Waals surface area contributed by atoms with E-state index in [0.29, 0.717) is 0 Å². The van der Waals surface area contributed by atoms with Gasteiger partial charge in [0.2, 0.25) is 0 Å². The molecule has 0 heterocycles. The fraction of sp³-hybridized carbons (Fsp3) is 0.846. The Morgan fingerprint density at radius 3 is 1.62 bits per heavy atom. The molecule has 0 aliphatic rings. The average Bonchev–Trinajstić information content (AvgIpc) is 2.09. The molecule has 0 aromatic carbocycles. The molecule has 0 rings (SSSR count). The molecule has 0 amide bonds. The summed E-state index contributed by atoms with van der Waals surface area (Å²) in [7, 11) is 0. The van der Waals surface area contributed by atoms with Crippen molar-refractivity contribution in [1.29, 1.82) is 0 Å². The standard InChI is InChI=1S/C13H25PS2/c1-8-9-11(10-15)14(16,12(2,3)4)13(5,6)7/h8-9H2,1-7H3. The molecule has 0 N–H and O–H groups in total. The first kappa shape index (κ1) is 16.5. The summed E-state index contributed by atoms with van der Waals surface area (Å²) < 4.78 is 0. The predicted octanol–water partition coefficient (Wildman–Crippen LogP) is 5.35. The summed E-state index contributed by atoms with van der Waals surface area (Å²) in [5, 5.41) is 4.48. The van der Waals surface area contributed by atoms with Crippen molar-refractivity contribution in [2.75, 3.05) is 0 Å². The van der Waals surface area contributed by atoms with Gasteiger partial charge in [0.1, 0.15) is 0 Å². The number of allylic oxidation sites excluding steroid dienone is 1. The van der Waals surface area contributed by atoms with Crippen molar-refractivity contribution >= 4 is 35.1 Å². The van der Waals surface area contributed by atoms with Crippen molar-refractivity contribution in [2.24, 2.45) is 0 Å². The normalized spacial score (nSPS) is 13.4. The highest BCUT2D eigenvalue weighted by Gasteiger charge is 2.43. The molecule has 16 heavy (non-hydrogen) atoms. The van der Waals surface area contributed by atoms with E-state index >= 15 is 0 Å². The molecular formula is C13H25PS2. The van der Waals surface area contributed by atoms with E-state index in [1.54, 1.807) is 0 Å². The molecule has 94 valence electrons. The SMILES string of the molecule is CCCC(=C=S)P(=S)(C(C)(C)C)C(C)(C)C. The maximum atomic E-state index is 6.11. The summed E-state index contributed by atoms with van der Waals surface area (Å²) in [6.45, 7) is 15.7. The molecule has 0 aliphatic carbocycles. The van der Waals surface area contributed by atoms with Gasteiger partial charge >= 0.3 is 0 Å². The minimum absolute atomic E-state index is 0.122. The quantitative estimate of drug-likeness (QED) is 0.503. The zero-order valence-corrected chi connectivity index (χ0v) is 14.2. The third-order valence-electron chi connectivity index (χ3n) is 2.87. The molecule has 0 saturated carbocycles. The van der Waals surface area contributed by atoms with E-state index in [1.165, 1.54) is 5.31 Å². The second-order valence-corrected chi connectivity index (χ2v) is 12.5. The fourth-order valence-electron chi connectivity index (χ4n) is 2.33. The number of rotatable bonds is 3. The molecule has 0 nitrogen and oxygen atoms in total. The fourth-order valence-corrected chi connectivity index (χ4v) is 7.72. The van der Waals surface area contributed by atoms with Crippen LogP contribution in [0.1, 0.15) is 61.3 Å². The number of hydrogen-bond donors (Lipinski definition) is 0. The Balaban J connectivity index is 5.81. The predicted molar refractivity (Wildman–Crippen MR) is 84.8 cm³/mol. The first-order chi connectivity index (χ1) is 7.02. The van der Waals surface area contributed by atoms with Crippen molar-refractivity contribution in [3.05, 3.63) is 5.31 Å². The molecule has 0 aromatic heterocycles. The lowest BCUT2D eigenvalue weighted by molar-refractivity contribution is 0.705. The van der Waals surface area contributed by atoms with Gasteiger partial charge in [0.15, 0.2) is 0 Å². The van der Waals surface area contributed by atoms with Crippen LogP contribution in [0.15, 0.2) is 5.31 Å². The number of hydrogen-bond acceptors (Lipinski definition) is 2. The lowest BCUT2D eigenvalue weighted by Gasteiger charge is -2.45. The molecule has 0 aromatic rings. The van der Waals surface area contributed by atoms with Crippen LogP contribution in [0.2, 0.25) is 0 Å². The van der Waals surface area contributed by atoms with Crippen molar-refractivity contribution in [3.63, 3.8) is 0 Å². The minimum atomic E-state index is -1.68. The van der Waals surface area contributed by atoms with E-state index < -0.39 is 6.04 Å². The summed E-state index contributed by atoms with van der Waals surface area (Å²) in [5.74, 6) is 0. The lowest BCUT2D eigenvalue weighted by Crippen LogP contribution is -2.29. The Hall–Kier alpha value is 0.520. The van der Waals surface area contributed by atoms with Crippen molar-refractivity contribution < 1.29 is 0 Å². The molecule has 0 aliphatic heterocycles. The van der Waals surface area contributed by atoms with Gasteiger partial charge in [-0.25, -0.2) is 0 Å². The summed E-state index contributed by atoms with van der Waals surface area (Å²) in [6.07, 6.45) is 2.11. The highest BCUT2D eigenvalue weighted by atomic mass is 32.4. The Labute approximate surface area is 112 Å². The summed E-state index contributed by atoms with van der Waals surface area (Å²) in [4.78, 5) is 0. The van der Waals surface area contributed by atoms with Gasteiger partial charge in [-0.1, -0.05) is 66.7 Å². The van der Waals surface area contributed by atoms with Crippen LogP contribution in [0, 0.1) is 0 Å². The van der Waals surface area contributed by atoms with E-state index in [1.807, 2.05) is 0 Å². The van der Waals surface area contributed by atoms with E-state index in [-0.39, 0.29) is 10.3 Å². The van der Waals surface area contributed by atoms with Crippen molar-refractivity contribution in [1.82, 2.24) is 0 Å². The van der Waals surface area contributed by atoms with E-state index in [9.17, 15) is 0 Å². The topological polar surface area (TPSA) is 0 Å². The van der Waals surface area contributed by atoms with Gasteiger partial charge in [-0.05, 0) is 40.0 Å². The average molecular weight is 276 g/mol. The second kappa shape index (κ2) is 5.44. The Morgan fingerprint density at radius 2 is 1.44 bits per heavy atom. The summed E-state index contributed by atoms with van der Waals surface area (Å²) in [5.41, 5.74) is 0. The molecule has 0 bridgehead atoms. The van der Waals surface area contributed by atoms with Crippen LogP contribution >= 0.6 is 18.3 Å². The molecule has 0 unspecified atom stereocenters. The monoisotopic (exact) mass is 276 g/mol.